The Balaban J connectivity index is 2.11. The van der Waals surface area contributed by atoms with Gasteiger partial charge in [-0.3, -0.25) is 72.9 Å². The summed E-state index contributed by atoms with van der Waals surface area (Å²) < 4.78 is 15.0. The van der Waals surface area contributed by atoms with Crippen molar-refractivity contribution in [3.05, 3.63) is 0 Å². The molecule has 340 valence electrons. The maximum Gasteiger partial charge on any atom is 0.317 e. The number of hydrogen-bond donors (Lipinski definition) is 5. The summed E-state index contributed by atoms with van der Waals surface area (Å²) in [6, 6.07) is 0. The van der Waals surface area contributed by atoms with Gasteiger partial charge in [0, 0.05) is 131 Å². The Morgan fingerprint density at radius 3 is 0.932 bits per heavy atom. The molecule has 2 heterocycles. The lowest BCUT2D eigenvalue weighted by Crippen LogP contribution is -2.51. The number of β-amino-alcohol motifs (C(OH)–C–C–N with tert-alkyl or cyclic N) is 2. The minimum Gasteiger partial charge on any atom is -0.480 e. The molecule has 5 N–H and O–H groups in total. The van der Waals surface area contributed by atoms with Crippen molar-refractivity contribution in [2.45, 2.75) is 19.1 Å². The van der Waals surface area contributed by atoms with E-state index in [0.29, 0.717) is 131 Å². The molecular weight excluding hydrogens is 782 g/mol. The normalized spacial score (nSPS) is 20.5. The van der Waals surface area contributed by atoms with Crippen LogP contribution in [0.15, 0.2) is 0 Å². The Labute approximate surface area is 346 Å². The molecule has 23 nitrogen and oxygen atoms in total. The maximum atomic E-state index is 11.7. The van der Waals surface area contributed by atoms with Crippen LogP contribution in [0.3, 0.4) is 0 Å². The van der Waals surface area contributed by atoms with Crippen LogP contribution in [0, 0.1) is 0 Å². The lowest BCUT2D eigenvalue weighted by molar-refractivity contribution is -0.140. The number of carbonyl (C=O) groups excluding carboxylic acids is 3. The number of aliphatic hydroxyl groups is 2. The highest BCUT2D eigenvalue weighted by atomic mass is 16.5. The van der Waals surface area contributed by atoms with Gasteiger partial charge in [0.15, 0.2) is 0 Å². The van der Waals surface area contributed by atoms with Gasteiger partial charge in [-0.1, -0.05) is 6.92 Å². The molecule has 23 heteroatoms. The third kappa shape index (κ3) is 24.3. The van der Waals surface area contributed by atoms with Crippen LogP contribution in [0.4, 0.5) is 0 Å². The first kappa shape index (κ1) is 51.5. The number of ether oxygens (including phenoxy) is 3. The van der Waals surface area contributed by atoms with Gasteiger partial charge in [0.1, 0.15) is 20.2 Å². The molecule has 0 saturated carbocycles. The Kier molecular flexibility index (Phi) is 26.6. The van der Waals surface area contributed by atoms with Crippen molar-refractivity contribution in [3.63, 3.8) is 0 Å². The fourth-order valence-electron chi connectivity index (χ4n) is 7.01. The number of hydrogen-bond acceptors (Lipinski definition) is 20. The second-order valence-corrected chi connectivity index (χ2v) is 14.8. The standard InChI is InChI=1S/C36H67N9O14/c1-2-37(19-32(49)21-38-3-5-40(23-34(51)52)7-8-42(25-36(55)56)11-15-43(13-9-38)26-57-29-46)20-33(50)22-39-4-6-41(24-35(53)54)12-16-45(28-59-31-48)18-17-44(14-10-39)27-58-30-47/h29-33,49-50H,2-28H2,1H3,(H,51,52)(H,53,54)(H,55,56). The average molecular weight is 850 g/mol. The quantitative estimate of drug-likeness (QED) is 0.0451. The van der Waals surface area contributed by atoms with Crippen LogP contribution in [0.25, 0.3) is 0 Å². The van der Waals surface area contributed by atoms with Crippen LogP contribution in [0.1, 0.15) is 6.92 Å². The van der Waals surface area contributed by atoms with Crippen LogP contribution in [0.2, 0.25) is 0 Å². The van der Waals surface area contributed by atoms with Crippen LogP contribution < -0.4 is 0 Å². The minimum absolute atomic E-state index is 0.00309. The Morgan fingerprint density at radius 1 is 0.475 bits per heavy atom. The SMILES string of the molecule is CCN(CC(O)CN1CCN(COC=O)CCN(COC=O)CCN(CC(=O)O)CC1)CC(O)CN1CCN(COC=O)CCN(CC(=O)O)CCN(CC(=O)O)CC1. The summed E-state index contributed by atoms with van der Waals surface area (Å²) in [5, 5.41) is 51.2. The molecule has 2 saturated heterocycles. The molecule has 2 atom stereocenters. The first-order valence-corrected chi connectivity index (χ1v) is 20.0. The van der Waals surface area contributed by atoms with Crippen molar-refractivity contribution in [2.24, 2.45) is 0 Å². The molecule has 0 aromatic carbocycles. The first-order valence-electron chi connectivity index (χ1n) is 20.0. The van der Waals surface area contributed by atoms with Gasteiger partial charge >= 0.3 is 17.9 Å². The van der Waals surface area contributed by atoms with Gasteiger partial charge in [-0.2, -0.15) is 0 Å². The van der Waals surface area contributed by atoms with Crippen molar-refractivity contribution in [2.75, 3.05) is 177 Å². The van der Waals surface area contributed by atoms with E-state index in [1.807, 2.05) is 36.3 Å². The number of aliphatic hydroxyl groups excluding tert-OH is 2. The molecule has 0 aromatic rings. The molecule has 2 fully saturated rings. The molecule has 0 radical (unpaired) electrons. The van der Waals surface area contributed by atoms with E-state index in [4.69, 9.17) is 14.2 Å². The summed E-state index contributed by atoms with van der Waals surface area (Å²) in [5.74, 6) is -2.99. The number of carbonyl (C=O) groups is 6. The molecule has 2 aliphatic heterocycles. The molecule has 59 heavy (non-hydrogen) atoms. The van der Waals surface area contributed by atoms with Gasteiger partial charge < -0.3 is 39.7 Å². The predicted molar refractivity (Wildman–Crippen MR) is 210 cm³/mol. The highest BCUT2D eigenvalue weighted by Gasteiger charge is 2.24. The van der Waals surface area contributed by atoms with Gasteiger partial charge in [0.05, 0.1) is 31.8 Å². The van der Waals surface area contributed by atoms with Crippen molar-refractivity contribution in [1.29, 1.82) is 0 Å². The second-order valence-electron chi connectivity index (χ2n) is 14.8. The average Bonchev–Trinajstić information content (AvgIpc) is 3.17. The molecule has 0 aliphatic carbocycles. The number of carboxylic acid groups (broad SMARTS) is 3. The van der Waals surface area contributed by atoms with Crippen LogP contribution >= 0.6 is 0 Å². The summed E-state index contributed by atoms with van der Waals surface area (Å²) in [5.41, 5.74) is 0. The first-order chi connectivity index (χ1) is 28.3. The zero-order valence-electron chi connectivity index (χ0n) is 34.4. The van der Waals surface area contributed by atoms with Gasteiger partial charge in [-0.25, -0.2) is 0 Å². The molecule has 0 bridgehead atoms. The van der Waals surface area contributed by atoms with Gasteiger partial charge in [-0.15, -0.1) is 0 Å². The summed E-state index contributed by atoms with van der Waals surface area (Å²) in [6.07, 6.45) is -1.68. The molecular formula is C36H67N9O14. The van der Waals surface area contributed by atoms with E-state index >= 15 is 0 Å². The number of carboxylic acids is 3. The highest BCUT2D eigenvalue weighted by molar-refractivity contribution is 5.69. The van der Waals surface area contributed by atoms with E-state index < -0.39 is 30.1 Å². The molecule has 0 amide bonds. The van der Waals surface area contributed by atoms with Gasteiger partial charge in [0.25, 0.3) is 19.4 Å². The largest absolute Gasteiger partial charge is 0.480 e. The van der Waals surface area contributed by atoms with Crippen molar-refractivity contribution < 1.29 is 68.5 Å². The minimum atomic E-state index is -1.01. The molecule has 2 aliphatic rings. The van der Waals surface area contributed by atoms with Crippen molar-refractivity contribution in [3.8, 4) is 0 Å². The maximum absolute atomic E-state index is 11.7. The Hall–Kier alpha value is -3.62. The monoisotopic (exact) mass is 849 g/mol. The topological polar surface area (TPSA) is 260 Å². The van der Waals surface area contributed by atoms with Crippen LogP contribution in [0.5, 0.6) is 0 Å². The third-order valence-corrected chi connectivity index (χ3v) is 10.2. The predicted octanol–water partition coefficient (Wildman–Crippen LogP) is -4.88. The smallest absolute Gasteiger partial charge is 0.317 e. The van der Waals surface area contributed by atoms with E-state index in [9.17, 15) is 54.3 Å². The van der Waals surface area contributed by atoms with Gasteiger partial charge in [0.2, 0.25) is 0 Å². The molecule has 0 spiro atoms. The summed E-state index contributed by atoms with van der Waals surface area (Å²) in [6.45, 7) is 10.5. The lowest BCUT2D eigenvalue weighted by Gasteiger charge is -2.35. The van der Waals surface area contributed by atoms with Gasteiger partial charge in [-0.05, 0) is 6.54 Å². The summed E-state index contributed by atoms with van der Waals surface area (Å²) in [4.78, 5) is 84.6. The Morgan fingerprint density at radius 2 is 0.712 bits per heavy atom. The van der Waals surface area contributed by atoms with Crippen LogP contribution in [-0.2, 0) is 43.0 Å². The fourth-order valence-corrected chi connectivity index (χ4v) is 7.01. The molecule has 2 unspecified atom stereocenters. The number of aliphatic carboxylic acids is 3. The molecule has 2 rings (SSSR count). The van der Waals surface area contributed by atoms with E-state index in [2.05, 4.69) is 0 Å². The van der Waals surface area contributed by atoms with Crippen molar-refractivity contribution in [1.82, 2.24) is 44.1 Å². The molecule has 0 aromatic heterocycles. The van der Waals surface area contributed by atoms with Crippen molar-refractivity contribution >= 4 is 37.3 Å². The number of likely N-dealkylation sites (N-methyl/N-ethyl adjacent to an activating group) is 1. The zero-order chi connectivity index (χ0) is 43.4. The lowest BCUT2D eigenvalue weighted by atomic mass is 10.2. The van der Waals surface area contributed by atoms with E-state index in [1.165, 1.54) is 0 Å². The number of rotatable bonds is 24. The number of nitrogens with zero attached hydrogens (tertiary/aromatic N) is 9. The third-order valence-electron chi connectivity index (χ3n) is 10.2. The summed E-state index contributed by atoms with van der Waals surface area (Å²) in [7, 11) is 0. The Bertz CT molecular complexity index is 1230. The zero-order valence-corrected chi connectivity index (χ0v) is 34.4. The van der Waals surface area contributed by atoms with E-state index in [-0.39, 0.29) is 66.0 Å². The highest BCUT2D eigenvalue weighted by Crippen LogP contribution is 2.07. The van der Waals surface area contributed by atoms with E-state index in [1.54, 1.807) is 14.7 Å². The van der Waals surface area contributed by atoms with E-state index in [0.717, 1.165) is 0 Å². The second kappa shape index (κ2) is 30.4. The van der Waals surface area contributed by atoms with Crippen LogP contribution in [-0.4, -0.2) is 296 Å². The summed E-state index contributed by atoms with van der Waals surface area (Å²) >= 11 is 0. The fraction of sp³-hybridized carbons (Fsp3) is 0.833.